The number of aromatic nitrogens is 2. The normalized spacial score (nSPS) is 12.7. The third kappa shape index (κ3) is 3.25. The summed E-state index contributed by atoms with van der Waals surface area (Å²) < 4.78 is 11.0. The highest BCUT2D eigenvalue weighted by Gasteiger charge is 2.12. The Hall–Kier alpha value is -2.27. The lowest BCUT2D eigenvalue weighted by molar-refractivity contribution is 0.456. The molecular formula is C16H19N3O2. The average Bonchev–Trinajstić information content (AvgIpc) is 3.17. The number of nitrogens with one attached hydrogen (secondary N) is 2. The van der Waals surface area contributed by atoms with Gasteiger partial charge in [0.2, 0.25) is 0 Å². The van der Waals surface area contributed by atoms with Gasteiger partial charge in [-0.25, -0.2) is 0 Å². The van der Waals surface area contributed by atoms with Crippen LogP contribution in [0.15, 0.2) is 45.6 Å². The van der Waals surface area contributed by atoms with E-state index in [-0.39, 0.29) is 0 Å². The van der Waals surface area contributed by atoms with Gasteiger partial charge < -0.3 is 14.2 Å². The first-order valence-corrected chi connectivity index (χ1v) is 7.07. The fourth-order valence-electron chi connectivity index (χ4n) is 2.31. The van der Waals surface area contributed by atoms with Gasteiger partial charge in [-0.1, -0.05) is 0 Å². The van der Waals surface area contributed by atoms with Crippen molar-refractivity contribution in [3.63, 3.8) is 0 Å². The maximum atomic E-state index is 5.65. The van der Waals surface area contributed by atoms with Gasteiger partial charge in [0, 0.05) is 24.6 Å². The van der Waals surface area contributed by atoms with E-state index in [1.165, 1.54) is 0 Å². The molecule has 0 bridgehead atoms. The van der Waals surface area contributed by atoms with E-state index in [0.717, 1.165) is 41.5 Å². The van der Waals surface area contributed by atoms with Gasteiger partial charge in [-0.05, 0) is 38.1 Å². The van der Waals surface area contributed by atoms with E-state index in [0.29, 0.717) is 6.04 Å². The van der Waals surface area contributed by atoms with Crippen molar-refractivity contribution >= 4 is 0 Å². The molecule has 3 aromatic heterocycles. The lowest BCUT2D eigenvalue weighted by atomic mass is 10.1. The first kappa shape index (κ1) is 13.7. The van der Waals surface area contributed by atoms with Gasteiger partial charge in [-0.15, -0.1) is 0 Å². The second-order valence-corrected chi connectivity index (χ2v) is 5.25. The van der Waals surface area contributed by atoms with Crippen LogP contribution in [0.25, 0.3) is 11.5 Å². The first-order chi connectivity index (χ1) is 10.2. The van der Waals surface area contributed by atoms with Crippen LogP contribution in [0.4, 0.5) is 0 Å². The lowest BCUT2D eigenvalue weighted by Gasteiger charge is -2.12. The minimum atomic E-state index is 0.317. The van der Waals surface area contributed by atoms with Crippen LogP contribution < -0.4 is 5.32 Å². The molecule has 5 heteroatoms. The van der Waals surface area contributed by atoms with E-state index >= 15 is 0 Å². The largest absolute Gasteiger partial charge is 0.469 e. The molecule has 3 rings (SSSR count). The van der Waals surface area contributed by atoms with Crippen molar-refractivity contribution in [1.82, 2.24) is 15.5 Å². The van der Waals surface area contributed by atoms with Crippen LogP contribution in [0, 0.1) is 6.92 Å². The third-order valence-corrected chi connectivity index (χ3v) is 3.43. The molecule has 0 spiro atoms. The molecule has 0 amide bonds. The SMILES string of the molecule is Cc1ccc(-c2[nH]ncc2CNC(C)Cc2ccco2)o1. The van der Waals surface area contributed by atoms with Crippen LogP contribution in [0.5, 0.6) is 0 Å². The Balaban J connectivity index is 1.62. The Morgan fingerprint density at radius 1 is 1.33 bits per heavy atom. The molecule has 21 heavy (non-hydrogen) atoms. The quantitative estimate of drug-likeness (QED) is 0.729. The van der Waals surface area contributed by atoms with Gasteiger partial charge in [0.1, 0.15) is 17.2 Å². The molecule has 0 aliphatic carbocycles. The number of furan rings is 2. The van der Waals surface area contributed by atoms with Crippen molar-refractivity contribution in [2.24, 2.45) is 0 Å². The summed E-state index contributed by atoms with van der Waals surface area (Å²) in [7, 11) is 0. The number of H-pyrrole nitrogens is 1. The second-order valence-electron chi connectivity index (χ2n) is 5.25. The molecule has 0 saturated carbocycles. The monoisotopic (exact) mass is 285 g/mol. The number of rotatable bonds is 6. The number of aryl methyl sites for hydroxylation is 1. The summed E-state index contributed by atoms with van der Waals surface area (Å²) in [5, 5.41) is 10.6. The van der Waals surface area contributed by atoms with Gasteiger partial charge in [-0.2, -0.15) is 5.10 Å². The molecular weight excluding hydrogens is 266 g/mol. The summed E-state index contributed by atoms with van der Waals surface area (Å²) >= 11 is 0. The Bertz CT molecular complexity index is 682. The van der Waals surface area contributed by atoms with Crippen LogP contribution in [-0.2, 0) is 13.0 Å². The Kier molecular flexibility index (Phi) is 3.92. The molecule has 3 aromatic rings. The fraction of sp³-hybridized carbons (Fsp3) is 0.312. The molecule has 5 nitrogen and oxygen atoms in total. The predicted octanol–water partition coefficient (Wildman–Crippen LogP) is 3.29. The Morgan fingerprint density at radius 2 is 2.24 bits per heavy atom. The Labute approximate surface area is 123 Å². The van der Waals surface area contributed by atoms with Gasteiger partial charge in [0.25, 0.3) is 0 Å². The standard InChI is InChI=1S/C16H19N3O2/c1-11(8-14-4-3-7-20-14)17-9-13-10-18-19-16(13)15-6-5-12(2)21-15/h3-7,10-11,17H,8-9H2,1-2H3,(H,18,19). The van der Waals surface area contributed by atoms with E-state index in [2.05, 4.69) is 22.4 Å². The van der Waals surface area contributed by atoms with Crippen LogP contribution in [0.2, 0.25) is 0 Å². The summed E-state index contributed by atoms with van der Waals surface area (Å²) in [6.45, 7) is 4.80. The van der Waals surface area contributed by atoms with Crippen molar-refractivity contribution < 1.29 is 8.83 Å². The van der Waals surface area contributed by atoms with Gasteiger partial charge in [0.05, 0.1) is 12.5 Å². The average molecular weight is 285 g/mol. The van der Waals surface area contributed by atoms with Gasteiger partial charge >= 0.3 is 0 Å². The molecule has 0 radical (unpaired) electrons. The van der Waals surface area contributed by atoms with E-state index in [4.69, 9.17) is 8.83 Å². The zero-order valence-electron chi connectivity index (χ0n) is 12.2. The van der Waals surface area contributed by atoms with Crippen molar-refractivity contribution in [3.8, 4) is 11.5 Å². The molecule has 0 aromatic carbocycles. The highest BCUT2D eigenvalue weighted by Crippen LogP contribution is 2.23. The van der Waals surface area contributed by atoms with Gasteiger partial charge in [0.15, 0.2) is 5.76 Å². The fourth-order valence-corrected chi connectivity index (χ4v) is 2.31. The van der Waals surface area contributed by atoms with Crippen molar-refractivity contribution in [2.75, 3.05) is 0 Å². The van der Waals surface area contributed by atoms with Crippen molar-refractivity contribution in [3.05, 3.63) is 53.8 Å². The second kappa shape index (κ2) is 6.01. The van der Waals surface area contributed by atoms with Crippen molar-refractivity contribution in [1.29, 1.82) is 0 Å². The third-order valence-electron chi connectivity index (χ3n) is 3.43. The van der Waals surface area contributed by atoms with E-state index in [9.17, 15) is 0 Å². The maximum absolute atomic E-state index is 5.65. The summed E-state index contributed by atoms with van der Waals surface area (Å²) in [5.74, 6) is 2.70. The minimum absolute atomic E-state index is 0.317. The predicted molar refractivity (Wildman–Crippen MR) is 79.7 cm³/mol. The van der Waals surface area contributed by atoms with Crippen molar-refractivity contribution in [2.45, 2.75) is 32.9 Å². The zero-order chi connectivity index (χ0) is 14.7. The topological polar surface area (TPSA) is 67.0 Å². The van der Waals surface area contributed by atoms with E-state index in [1.54, 1.807) is 6.26 Å². The van der Waals surface area contributed by atoms with E-state index in [1.807, 2.05) is 37.4 Å². The van der Waals surface area contributed by atoms with Crippen LogP contribution >= 0.6 is 0 Å². The van der Waals surface area contributed by atoms with Crippen LogP contribution in [-0.4, -0.2) is 16.2 Å². The molecule has 3 heterocycles. The summed E-state index contributed by atoms with van der Waals surface area (Å²) in [5.41, 5.74) is 2.02. The number of hydrogen-bond acceptors (Lipinski definition) is 4. The van der Waals surface area contributed by atoms with Crippen LogP contribution in [0.1, 0.15) is 24.0 Å². The molecule has 0 aliphatic rings. The number of nitrogens with zero attached hydrogens (tertiary/aromatic N) is 1. The van der Waals surface area contributed by atoms with E-state index < -0.39 is 0 Å². The minimum Gasteiger partial charge on any atom is -0.469 e. The molecule has 110 valence electrons. The molecule has 0 fully saturated rings. The Morgan fingerprint density at radius 3 is 2.95 bits per heavy atom. The van der Waals surface area contributed by atoms with Gasteiger partial charge in [-0.3, -0.25) is 5.10 Å². The first-order valence-electron chi connectivity index (χ1n) is 7.07. The number of aromatic amines is 1. The molecule has 2 N–H and O–H groups in total. The molecule has 0 aliphatic heterocycles. The maximum Gasteiger partial charge on any atom is 0.152 e. The molecule has 0 saturated heterocycles. The number of hydrogen-bond donors (Lipinski definition) is 2. The summed E-state index contributed by atoms with van der Waals surface area (Å²) in [6.07, 6.45) is 4.40. The highest BCUT2D eigenvalue weighted by molar-refractivity contribution is 5.56. The lowest BCUT2D eigenvalue weighted by Crippen LogP contribution is -2.27. The summed E-state index contributed by atoms with van der Waals surface area (Å²) in [4.78, 5) is 0. The smallest absolute Gasteiger partial charge is 0.152 e. The zero-order valence-corrected chi connectivity index (χ0v) is 12.2. The summed E-state index contributed by atoms with van der Waals surface area (Å²) in [6, 6.07) is 8.13. The molecule has 1 unspecified atom stereocenters. The van der Waals surface area contributed by atoms with Crippen LogP contribution in [0.3, 0.4) is 0 Å². The highest BCUT2D eigenvalue weighted by atomic mass is 16.3. The molecule has 1 atom stereocenters.